The highest BCUT2D eigenvalue weighted by atomic mass is 19.4. The molecular weight excluding hydrogens is 251 g/mol. The fourth-order valence-electron chi connectivity index (χ4n) is 1.50. The van der Waals surface area contributed by atoms with E-state index in [0.29, 0.717) is 5.39 Å². The smallest absolute Gasteiger partial charge is 0.255 e. The van der Waals surface area contributed by atoms with E-state index in [9.17, 15) is 13.2 Å². The molecule has 0 aliphatic heterocycles. The Labute approximate surface area is 112 Å². The highest BCUT2D eigenvalue weighted by Crippen LogP contribution is 2.33. The Kier molecular flexibility index (Phi) is 7.12. The van der Waals surface area contributed by atoms with E-state index in [1.165, 1.54) is 12.3 Å². The van der Waals surface area contributed by atoms with Crippen molar-refractivity contribution >= 4 is 10.9 Å². The van der Waals surface area contributed by atoms with Crippen LogP contribution in [0, 0.1) is 6.92 Å². The second-order valence-electron chi connectivity index (χ2n) is 3.39. The quantitative estimate of drug-likeness (QED) is 0.606. The third-order valence-electron chi connectivity index (χ3n) is 2.15. The van der Waals surface area contributed by atoms with Gasteiger partial charge in [-0.3, -0.25) is 4.98 Å². The third-order valence-corrected chi connectivity index (χ3v) is 2.15. The molecule has 2 rings (SSSR count). The second kappa shape index (κ2) is 7.77. The van der Waals surface area contributed by atoms with Crippen molar-refractivity contribution in [3.8, 4) is 0 Å². The minimum absolute atomic E-state index is 0.00981. The fraction of sp³-hybridized carbons (Fsp3) is 0.400. The number of halogens is 3. The van der Waals surface area contributed by atoms with Crippen LogP contribution in [0.5, 0.6) is 0 Å². The van der Waals surface area contributed by atoms with Gasteiger partial charge in [-0.15, -0.1) is 0 Å². The van der Waals surface area contributed by atoms with E-state index < -0.39 is 11.7 Å². The average molecular weight is 271 g/mol. The standard InChI is InChI=1S/C11H8F3N.2C2H6/c1-7-5-8-3-2-4-9(11(12,13)14)10(8)15-6-7;2*1-2/h2-6H,1H3;2*1-2H3. The summed E-state index contributed by atoms with van der Waals surface area (Å²) in [5.74, 6) is 0. The monoisotopic (exact) mass is 271 g/mol. The first kappa shape index (κ1) is 17.4. The van der Waals surface area contributed by atoms with E-state index in [4.69, 9.17) is 0 Å². The molecule has 19 heavy (non-hydrogen) atoms. The molecule has 2 aromatic rings. The van der Waals surface area contributed by atoms with Crippen molar-refractivity contribution in [3.05, 3.63) is 41.6 Å². The van der Waals surface area contributed by atoms with Gasteiger partial charge in [0.05, 0.1) is 11.1 Å². The summed E-state index contributed by atoms with van der Waals surface area (Å²) in [6.45, 7) is 9.80. The van der Waals surface area contributed by atoms with E-state index >= 15 is 0 Å². The van der Waals surface area contributed by atoms with Crippen molar-refractivity contribution in [2.24, 2.45) is 0 Å². The summed E-state index contributed by atoms with van der Waals surface area (Å²) in [7, 11) is 0. The third kappa shape index (κ3) is 4.54. The van der Waals surface area contributed by atoms with Crippen LogP contribution in [-0.2, 0) is 6.18 Å². The van der Waals surface area contributed by atoms with Crippen molar-refractivity contribution in [3.63, 3.8) is 0 Å². The van der Waals surface area contributed by atoms with Gasteiger partial charge in [0.2, 0.25) is 0 Å². The Morgan fingerprint density at radius 1 is 1.00 bits per heavy atom. The van der Waals surface area contributed by atoms with Crippen LogP contribution in [-0.4, -0.2) is 4.98 Å². The summed E-state index contributed by atoms with van der Waals surface area (Å²) in [4.78, 5) is 3.83. The molecule has 0 radical (unpaired) electrons. The molecule has 0 fully saturated rings. The molecule has 0 saturated carbocycles. The zero-order chi connectivity index (χ0) is 15.1. The molecule has 0 atom stereocenters. The molecule has 0 aliphatic carbocycles. The predicted molar refractivity (Wildman–Crippen MR) is 74.2 cm³/mol. The van der Waals surface area contributed by atoms with E-state index in [-0.39, 0.29) is 5.52 Å². The van der Waals surface area contributed by atoms with Crippen molar-refractivity contribution in [2.45, 2.75) is 40.8 Å². The highest BCUT2D eigenvalue weighted by molar-refractivity contribution is 5.82. The van der Waals surface area contributed by atoms with E-state index in [0.717, 1.165) is 11.6 Å². The number of hydrogen-bond acceptors (Lipinski definition) is 1. The zero-order valence-corrected chi connectivity index (χ0v) is 12.0. The van der Waals surface area contributed by atoms with Crippen molar-refractivity contribution in [2.75, 3.05) is 0 Å². The Morgan fingerprint density at radius 3 is 2.11 bits per heavy atom. The largest absolute Gasteiger partial charge is 0.418 e. The van der Waals surface area contributed by atoms with Crippen LogP contribution in [0.15, 0.2) is 30.5 Å². The van der Waals surface area contributed by atoms with Crippen LogP contribution < -0.4 is 0 Å². The number of rotatable bonds is 0. The Hall–Kier alpha value is -1.58. The Bertz CT molecular complexity index is 504. The first-order chi connectivity index (χ1) is 8.98. The van der Waals surface area contributed by atoms with Gasteiger partial charge >= 0.3 is 6.18 Å². The van der Waals surface area contributed by atoms with Gasteiger partial charge < -0.3 is 0 Å². The SMILES string of the molecule is CC.CC.Cc1cnc2c(C(F)(F)F)cccc2c1. The van der Waals surface area contributed by atoms with E-state index in [2.05, 4.69) is 4.98 Å². The lowest BCUT2D eigenvalue weighted by Crippen LogP contribution is -2.06. The number of pyridine rings is 1. The number of nitrogens with zero attached hydrogens (tertiary/aromatic N) is 1. The normalized spacial score (nSPS) is 10.1. The van der Waals surface area contributed by atoms with Gasteiger partial charge in [-0.05, 0) is 24.6 Å². The summed E-state index contributed by atoms with van der Waals surface area (Å²) in [6, 6.07) is 5.76. The number of alkyl halides is 3. The molecule has 106 valence electrons. The van der Waals surface area contributed by atoms with E-state index in [1.807, 2.05) is 27.7 Å². The van der Waals surface area contributed by atoms with Crippen molar-refractivity contribution in [1.82, 2.24) is 4.98 Å². The molecule has 1 heterocycles. The maximum atomic E-state index is 12.6. The van der Waals surface area contributed by atoms with Crippen LogP contribution in [0.3, 0.4) is 0 Å². The predicted octanol–water partition coefficient (Wildman–Crippen LogP) is 5.61. The summed E-state index contributed by atoms with van der Waals surface area (Å²) in [5.41, 5.74) is 0.178. The molecule has 0 aliphatic rings. The molecule has 0 spiro atoms. The summed E-state index contributed by atoms with van der Waals surface area (Å²) in [5, 5.41) is 0.518. The number of fused-ring (bicyclic) bond motifs is 1. The number of benzene rings is 1. The van der Waals surface area contributed by atoms with E-state index in [1.54, 1.807) is 19.1 Å². The molecule has 1 aromatic carbocycles. The molecule has 1 nitrogen and oxygen atoms in total. The average Bonchev–Trinajstić information content (AvgIpc) is 2.41. The molecule has 0 saturated heterocycles. The lowest BCUT2D eigenvalue weighted by Gasteiger charge is -2.09. The molecule has 0 unspecified atom stereocenters. The van der Waals surface area contributed by atoms with Gasteiger partial charge in [0, 0.05) is 11.6 Å². The Balaban J connectivity index is 0.000000741. The summed E-state index contributed by atoms with van der Waals surface area (Å²) < 4.78 is 37.7. The van der Waals surface area contributed by atoms with Crippen molar-refractivity contribution < 1.29 is 13.2 Å². The van der Waals surface area contributed by atoms with Gasteiger partial charge in [-0.1, -0.05) is 39.8 Å². The maximum Gasteiger partial charge on any atom is 0.418 e. The van der Waals surface area contributed by atoms with Gasteiger partial charge in [0.1, 0.15) is 0 Å². The fourth-order valence-corrected chi connectivity index (χ4v) is 1.50. The first-order valence-electron chi connectivity index (χ1n) is 6.41. The number of para-hydroxylation sites is 1. The highest BCUT2D eigenvalue weighted by Gasteiger charge is 2.32. The van der Waals surface area contributed by atoms with Crippen LogP contribution in [0.1, 0.15) is 38.8 Å². The number of aryl methyl sites for hydroxylation is 1. The van der Waals surface area contributed by atoms with Gasteiger partial charge in [-0.25, -0.2) is 0 Å². The topological polar surface area (TPSA) is 12.9 Å². The van der Waals surface area contributed by atoms with Gasteiger partial charge in [-0.2, -0.15) is 13.2 Å². The number of hydrogen-bond donors (Lipinski definition) is 0. The van der Waals surface area contributed by atoms with Crippen LogP contribution in [0.4, 0.5) is 13.2 Å². The van der Waals surface area contributed by atoms with Crippen LogP contribution in [0.25, 0.3) is 10.9 Å². The minimum atomic E-state index is -4.35. The first-order valence-corrected chi connectivity index (χ1v) is 6.41. The van der Waals surface area contributed by atoms with Crippen LogP contribution in [0.2, 0.25) is 0 Å². The lowest BCUT2D eigenvalue weighted by atomic mass is 10.1. The van der Waals surface area contributed by atoms with Crippen LogP contribution >= 0.6 is 0 Å². The Morgan fingerprint density at radius 2 is 1.58 bits per heavy atom. The van der Waals surface area contributed by atoms with Gasteiger partial charge in [0.15, 0.2) is 0 Å². The number of aromatic nitrogens is 1. The second-order valence-corrected chi connectivity index (χ2v) is 3.39. The summed E-state index contributed by atoms with van der Waals surface area (Å²) in [6.07, 6.45) is -2.90. The maximum absolute atomic E-state index is 12.6. The molecule has 0 N–H and O–H groups in total. The minimum Gasteiger partial charge on any atom is -0.255 e. The molecule has 4 heteroatoms. The zero-order valence-electron chi connectivity index (χ0n) is 12.0. The van der Waals surface area contributed by atoms with Crippen molar-refractivity contribution in [1.29, 1.82) is 0 Å². The molecule has 0 amide bonds. The molecule has 1 aromatic heterocycles. The summed E-state index contributed by atoms with van der Waals surface area (Å²) >= 11 is 0. The molecular formula is C15H20F3N. The van der Waals surface area contributed by atoms with Gasteiger partial charge in [0.25, 0.3) is 0 Å². The molecule has 0 bridgehead atoms. The lowest BCUT2D eigenvalue weighted by molar-refractivity contribution is -0.136.